The van der Waals surface area contributed by atoms with Crippen LogP contribution in [0.25, 0.3) is 17.0 Å². The van der Waals surface area contributed by atoms with Crippen molar-refractivity contribution in [1.82, 2.24) is 19.8 Å². The van der Waals surface area contributed by atoms with Crippen molar-refractivity contribution in [3.05, 3.63) is 66.2 Å². The Hall–Kier alpha value is -3.92. The first kappa shape index (κ1) is 15.6. The van der Waals surface area contributed by atoms with Crippen molar-refractivity contribution < 1.29 is 9.47 Å². The van der Waals surface area contributed by atoms with E-state index >= 15 is 0 Å². The lowest BCUT2D eigenvalue weighted by Gasteiger charge is -2.06. The van der Waals surface area contributed by atoms with Gasteiger partial charge in [0.15, 0.2) is 11.5 Å². The predicted octanol–water partition coefficient (Wildman–Crippen LogP) is 3.46. The van der Waals surface area contributed by atoms with Crippen LogP contribution in [0.5, 0.6) is 17.4 Å². The number of fused-ring (bicyclic) bond motifs is 1. The molecular weight excluding hydrogens is 330 g/mol. The lowest BCUT2D eigenvalue weighted by molar-refractivity contribution is 0.415. The van der Waals surface area contributed by atoms with Gasteiger partial charge in [0.05, 0.1) is 18.7 Å². The quantitative estimate of drug-likeness (QED) is 0.564. The summed E-state index contributed by atoms with van der Waals surface area (Å²) in [6, 6.07) is 19.9. The van der Waals surface area contributed by atoms with Crippen molar-refractivity contribution in [3.63, 3.8) is 0 Å². The molecule has 126 valence electrons. The molecule has 0 aliphatic carbocycles. The average Bonchev–Trinajstić information content (AvgIpc) is 3.12. The molecule has 0 saturated heterocycles. The van der Waals surface area contributed by atoms with Gasteiger partial charge in [-0.05, 0) is 54.6 Å². The maximum atomic E-state index is 8.86. The van der Waals surface area contributed by atoms with Crippen molar-refractivity contribution in [3.8, 4) is 34.8 Å². The molecule has 2 heterocycles. The molecule has 2 aromatic heterocycles. The summed E-state index contributed by atoms with van der Waals surface area (Å²) in [6.45, 7) is 0. The van der Waals surface area contributed by atoms with Crippen LogP contribution in [0.15, 0.2) is 60.7 Å². The maximum Gasteiger partial charge on any atom is 0.237 e. The van der Waals surface area contributed by atoms with E-state index < -0.39 is 0 Å². The molecule has 0 aliphatic heterocycles. The van der Waals surface area contributed by atoms with E-state index in [-0.39, 0.29) is 0 Å². The summed E-state index contributed by atoms with van der Waals surface area (Å²) in [6.07, 6.45) is 0. The van der Waals surface area contributed by atoms with Crippen molar-refractivity contribution in [2.24, 2.45) is 0 Å². The molecule has 7 heteroatoms. The molecule has 0 radical (unpaired) electrons. The monoisotopic (exact) mass is 343 g/mol. The third-order valence-corrected chi connectivity index (χ3v) is 3.79. The van der Waals surface area contributed by atoms with Crippen LogP contribution in [0.1, 0.15) is 5.56 Å². The fourth-order valence-corrected chi connectivity index (χ4v) is 2.46. The summed E-state index contributed by atoms with van der Waals surface area (Å²) >= 11 is 0. The lowest BCUT2D eigenvalue weighted by atomic mass is 10.2. The molecule has 0 N–H and O–H groups in total. The Kier molecular flexibility index (Phi) is 3.92. The molecular formula is C19H13N5O2. The van der Waals surface area contributed by atoms with Crippen LogP contribution in [0.4, 0.5) is 0 Å². The summed E-state index contributed by atoms with van der Waals surface area (Å²) in [7, 11) is 1.62. The van der Waals surface area contributed by atoms with Crippen molar-refractivity contribution >= 4 is 5.65 Å². The van der Waals surface area contributed by atoms with E-state index in [0.717, 1.165) is 11.3 Å². The largest absolute Gasteiger partial charge is 0.497 e. The van der Waals surface area contributed by atoms with Crippen LogP contribution in [-0.2, 0) is 0 Å². The third kappa shape index (κ3) is 2.91. The van der Waals surface area contributed by atoms with Gasteiger partial charge >= 0.3 is 0 Å². The molecule has 0 bridgehead atoms. The Bertz CT molecular complexity index is 1100. The van der Waals surface area contributed by atoms with Crippen LogP contribution in [-0.4, -0.2) is 26.9 Å². The van der Waals surface area contributed by atoms with Gasteiger partial charge in [-0.15, -0.1) is 15.3 Å². The highest BCUT2D eigenvalue weighted by Gasteiger charge is 2.11. The highest BCUT2D eigenvalue weighted by atomic mass is 16.5. The van der Waals surface area contributed by atoms with Gasteiger partial charge < -0.3 is 9.47 Å². The Labute approximate surface area is 149 Å². The number of methoxy groups -OCH3 is 1. The predicted molar refractivity (Wildman–Crippen MR) is 94.0 cm³/mol. The zero-order valence-corrected chi connectivity index (χ0v) is 13.8. The van der Waals surface area contributed by atoms with E-state index in [0.29, 0.717) is 28.7 Å². The van der Waals surface area contributed by atoms with Crippen LogP contribution in [0.3, 0.4) is 0 Å². The van der Waals surface area contributed by atoms with Gasteiger partial charge in [0, 0.05) is 11.6 Å². The highest BCUT2D eigenvalue weighted by molar-refractivity contribution is 5.59. The Morgan fingerprint density at radius 1 is 0.885 bits per heavy atom. The molecule has 4 rings (SSSR count). The molecule has 2 aromatic carbocycles. The molecule has 7 nitrogen and oxygen atoms in total. The molecule has 0 atom stereocenters. The number of nitrogens with zero attached hydrogens (tertiary/aromatic N) is 5. The summed E-state index contributed by atoms with van der Waals surface area (Å²) in [5, 5.41) is 21.7. The van der Waals surface area contributed by atoms with Gasteiger partial charge in [0.25, 0.3) is 0 Å². The van der Waals surface area contributed by atoms with Gasteiger partial charge in [-0.2, -0.15) is 9.78 Å². The van der Waals surface area contributed by atoms with Gasteiger partial charge in [0.1, 0.15) is 11.5 Å². The minimum Gasteiger partial charge on any atom is -0.497 e. The molecule has 0 aliphatic rings. The van der Waals surface area contributed by atoms with Crippen molar-refractivity contribution in [1.29, 1.82) is 5.26 Å². The average molecular weight is 343 g/mol. The summed E-state index contributed by atoms with van der Waals surface area (Å²) in [4.78, 5) is 0. The minimum absolute atomic E-state index is 0.400. The van der Waals surface area contributed by atoms with E-state index in [2.05, 4.69) is 21.4 Å². The van der Waals surface area contributed by atoms with E-state index in [1.807, 2.05) is 24.3 Å². The topological polar surface area (TPSA) is 85.3 Å². The van der Waals surface area contributed by atoms with Crippen LogP contribution < -0.4 is 9.47 Å². The first-order chi connectivity index (χ1) is 12.8. The van der Waals surface area contributed by atoms with Gasteiger partial charge in [0.2, 0.25) is 5.88 Å². The number of hydrogen-bond donors (Lipinski definition) is 0. The molecule has 26 heavy (non-hydrogen) atoms. The summed E-state index contributed by atoms with van der Waals surface area (Å²) in [5.74, 6) is 2.36. The zero-order valence-electron chi connectivity index (χ0n) is 13.8. The lowest BCUT2D eigenvalue weighted by Crippen LogP contribution is -1.98. The molecule has 0 amide bonds. The fraction of sp³-hybridized carbons (Fsp3) is 0.0526. The van der Waals surface area contributed by atoms with Crippen molar-refractivity contribution in [2.45, 2.75) is 0 Å². The van der Waals surface area contributed by atoms with Gasteiger partial charge in [-0.1, -0.05) is 0 Å². The fourth-order valence-electron chi connectivity index (χ4n) is 2.46. The standard InChI is InChI=1S/C19H13N5O2/c1-25-15-8-4-14(5-9-15)19-22-21-17-10-11-18(23-24(17)19)26-16-6-2-13(12-20)3-7-16/h2-11H,1H3. The van der Waals surface area contributed by atoms with Crippen molar-refractivity contribution in [2.75, 3.05) is 7.11 Å². The third-order valence-electron chi connectivity index (χ3n) is 3.79. The first-order valence-corrected chi connectivity index (χ1v) is 7.82. The highest BCUT2D eigenvalue weighted by Crippen LogP contribution is 2.24. The normalized spacial score (nSPS) is 10.5. The van der Waals surface area contributed by atoms with Gasteiger partial charge in [-0.3, -0.25) is 0 Å². The Balaban J connectivity index is 1.68. The van der Waals surface area contributed by atoms with E-state index in [9.17, 15) is 0 Å². The number of ether oxygens (including phenoxy) is 2. The van der Waals surface area contributed by atoms with E-state index in [1.54, 1.807) is 48.0 Å². The van der Waals surface area contributed by atoms with Gasteiger partial charge in [-0.25, -0.2) is 0 Å². The van der Waals surface area contributed by atoms with Crippen LogP contribution >= 0.6 is 0 Å². The van der Waals surface area contributed by atoms with Crippen LogP contribution in [0, 0.1) is 11.3 Å². The van der Waals surface area contributed by atoms with E-state index in [1.165, 1.54) is 0 Å². The number of aromatic nitrogens is 4. The van der Waals surface area contributed by atoms with Crippen LogP contribution in [0.2, 0.25) is 0 Å². The zero-order chi connectivity index (χ0) is 17.9. The minimum atomic E-state index is 0.400. The number of rotatable bonds is 4. The SMILES string of the molecule is COc1ccc(-c2nnc3ccc(Oc4ccc(C#N)cc4)nn23)cc1. The Morgan fingerprint density at radius 3 is 2.31 bits per heavy atom. The second kappa shape index (κ2) is 6.53. The smallest absolute Gasteiger partial charge is 0.237 e. The molecule has 4 aromatic rings. The second-order valence-electron chi connectivity index (χ2n) is 5.43. The maximum absolute atomic E-state index is 8.86. The molecule has 0 fully saturated rings. The number of benzene rings is 2. The summed E-state index contributed by atoms with van der Waals surface area (Å²) < 4.78 is 12.6. The molecule has 0 unspecified atom stereocenters. The summed E-state index contributed by atoms with van der Waals surface area (Å²) in [5.41, 5.74) is 2.05. The molecule has 0 spiro atoms. The first-order valence-electron chi connectivity index (χ1n) is 7.82. The number of hydrogen-bond acceptors (Lipinski definition) is 6. The second-order valence-corrected chi connectivity index (χ2v) is 5.43. The Morgan fingerprint density at radius 2 is 1.62 bits per heavy atom. The number of nitriles is 1. The van der Waals surface area contributed by atoms with E-state index in [4.69, 9.17) is 14.7 Å². The molecule has 0 saturated carbocycles.